The molecule has 1 N–H and O–H groups in total. The molecule has 0 radical (unpaired) electrons. The number of carbonyl (C=O) groups is 2. The zero-order chi connectivity index (χ0) is 11.4. The molecule has 0 aromatic heterocycles. The van der Waals surface area contributed by atoms with Crippen molar-refractivity contribution in [3.8, 4) is 0 Å². The molecule has 0 spiro atoms. The van der Waals surface area contributed by atoms with Crippen molar-refractivity contribution in [2.45, 2.75) is 19.1 Å². The molecule has 0 heterocycles. The molecule has 0 aliphatic heterocycles. The highest BCUT2D eigenvalue weighted by atomic mass is 32.2. The average molecular weight is 224 g/mol. The van der Waals surface area contributed by atoms with Gasteiger partial charge in [-0.1, -0.05) is 0 Å². The van der Waals surface area contributed by atoms with E-state index in [0.29, 0.717) is 0 Å². The minimum absolute atomic E-state index is 0.0653. The summed E-state index contributed by atoms with van der Waals surface area (Å²) in [5, 5.41) is 6.84. The highest BCUT2D eigenvalue weighted by Crippen LogP contribution is 2.02. The molecule has 7 heteroatoms. The first kappa shape index (κ1) is 12.9. The Kier molecular flexibility index (Phi) is 4.55. The summed E-state index contributed by atoms with van der Waals surface area (Å²) in [5.74, 6) is -3.30. The van der Waals surface area contributed by atoms with Crippen LogP contribution in [0.4, 0.5) is 0 Å². The van der Waals surface area contributed by atoms with E-state index < -0.39 is 32.8 Å². The van der Waals surface area contributed by atoms with E-state index >= 15 is 0 Å². The van der Waals surface area contributed by atoms with Gasteiger partial charge in [-0.15, -0.1) is 0 Å². The van der Waals surface area contributed by atoms with Crippen LogP contribution >= 0.6 is 0 Å². The van der Waals surface area contributed by atoms with Crippen LogP contribution in [0.5, 0.6) is 0 Å². The van der Waals surface area contributed by atoms with Crippen molar-refractivity contribution in [3.63, 3.8) is 0 Å². The number of hydrogen-bond donors (Lipinski definition) is 1. The summed E-state index contributed by atoms with van der Waals surface area (Å²) in [4.78, 5) is 21.1. The Morgan fingerprint density at radius 2 is 1.93 bits per heavy atom. The maximum Gasteiger partial charge on any atom is 0.321 e. The summed E-state index contributed by atoms with van der Waals surface area (Å²) in [6, 6.07) is 0. The molecule has 0 saturated carbocycles. The molecule has 0 aliphatic carbocycles. The number of sulfone groups is 1. The van der Waals surface area contributed by atoms with Gasteiger partial charge in [-0.3, -0.25) is 9.59 Å². The number of hydrogen-bond acceptors (Lipinski definition) is 5. The first-order valence-corrected chi connectivity index (χ1v) is 5.62. The van der Waals surface area contributed by atoms with E-state index in [1.54, 1.807) is 0 Å². The van der Waals surface area contributed by atoms with E-state index in [-0.39, 0.29) is 6.61 Å². The van der Waals surface area contributed by atoms with Gasteiger partial charge in [-0.25, -0.2) is 8.42 Å². The molecule has 0 aromatic carbocycles. The summed E-state index contributed by atoms with van der Waals surface area (Å²) in [6.45, 7) is 2.61. The smallest absolute Gasteiger partial charge is 0.321 e. The van der Waals surface area contributed by atoms with Gasteiger partial charge in [-0.05, 0) is 13.8 Å². The lowest BCUT2D eigenvalue weighted by Gasteiger charge is -2.07. The predicted octanol–water partition coefficient (Wildman–Crippen LogP) is -0.563. The zero-order valence-corrected chi connectivity index (χ0v) is 8.70. The van der Waals surface area contributed by atoms with Crippen LogP contribution in [0.25, 0.3) is 0 Å². The second kappa shape index (κ2) is 4.94. The molecule has 1 unspecified atom stereocenters. The lowest BCUT2D eigenvalue weighted by molar-refractivity contribution is -0.139. The molecule has 0 bridgehead atoms. The molecule has 6 nitrogen and oxygen atoms in total. The molecule has 0 fully saturated rings. The fourth-order valence-corrected chi connectivity index (χ4v) is 1.61. The van der Waals surface area contributed by atoms with E-state index in [4.69, 9.17) is 5.11 Å². The molecular formula is C7H12O6S. The Hall–Kier alpha value is -1.11. The number of rotatable bonds is 5. The Bertz CT molecular complexity index is 317. The summed E-state index contributed by atoms with van der Waals surface area (Å²) >= 11 is 0. The molecule has 0 amide bonds. The van der Waals surface area contributed by atoms with Crippen LogP contribution in [0.2, 0.25) is 0 Å². The largest absolute Gasteiger partial charge is 0.480 e. The van der Waals surface area contributed by atoms with Gasteiger partial charge in [0, 0.05) is 0 Å². The summed E-state index contributed by atoms with van der Waals surface area (Å²) < 4.78 is 26.7. The van der Waals surface area contributed by atoms with E-state index in [2.05, 4.69) is 4.74 Å². The molecule has 0 saturated heterocycles. The van der Waals surface area contributed by atoms with Crippen LogP contribution in [0.15, 0.2) is 0 Å². The van der Waals surface area contributed by atoms with Gasteiger partial charge in [0.15, 0.2) is 15.1 Å². The predicted molar refractivity (Wildman–Crippen MR) is 47.5 cm³/mol. The number of carboxylic acid groups (broad SMARTS) is 1. The second-order valence-electron chi connectivity index (χ2n) is 2.59. The van der Waals surface area contributed by atoms with Gasteiger partial charge < -0.3 is 9.84 Å². The normalized spacial score (nSPS) is 13.3. The van der Waals surface area contributed by atoms with Crippen molar-refractivity contribution in [2.24, 2.45) is 0 Å². The number of esters is 1. The SMILES string of the molecule is CCOC(=O)CS(=O)(=O)C(C)C(=O)O. The van der Waals surface area contributed by atoms with Crippen molar-refractivity contribution in [3.05, 3.63) is 0 Å². The Labute approximate surface area is 81.8 Å². The van der Waals surface area contributed by atoms with E-state index in [9.17, 15) is 18.0 Å². The fourth-order valence-electron chi connectivity index (χ4n) is 0.646. The monoisotopic (exact) mass is 224 g/mol. The second-order valence-corrected chi connectivity index (χ2v) is 4.91. The van der Waals surface area contributed by atoms with E-state index in [1.807, 2.05) is 0 Å². The number of aliphatic carboxylic acids is 1. The van der Waals surface area contributed by atoms with Crippen LogP contribution in [0, 0.1) is 0 Å². The van der Waals surface area contributed by atoms with Gasteiger partial charge in [0.2, 0.25) is 0 Å². The van der Waals surface area contributed by atoms with Crippen molar-refractivity contribution in [2.75, 3.05) is 12.4 Å². The van der Waals surface area contributed by atoms with Gasteiger partial charge in [-0.2, -0.15) is 0 Å². The van der Waals surface area contributed by atoms with Crippen LogP contribution in [0.3, 0.4) is 0 Å². The molecule has 1 atom stereocenters. The topological polar surface area (TPSA) is 97.7 Å². The first-order valence-electron chi connectivity index (χ1n) is 3.91. The number of carboxylic acids is 1. The summed E-state index contributed by atoms with van der Waals surface area (Å²) in [6.07, 6.45) is 0. The van der Waals surface area contributed by atoms with Crippen LogP contribution in [-0.4, -0.2) is 43.1 Å². The zero-order valence-electron chi connectivity index (χ0n) is 7.89. The third-order valence-corrected chi connectivity index (χ3v) is 3.43. The van der Waals surface area contributed by atoms with Crippen LogP contribution < -0.4 is 0 Å². The van der Waals surface area contributed by atoms with Gasteiger partial charge in [0.05, 0.1) is 6.61 Å². The highest BCUT2D eigenvalue weighted by molar-refractivity contribution is 7.93. The van der Waals surface area contributed by atoms with Crippen LogP contribution in [-0.2, 0) is 24.2 Å². The van der Waals surface area contributed by atoms with Gasteiger partial charge in [0.1, 0.15) is 5.75 Å². The minimum Gasteiger partial charge on any atom is -0.480 e. The lowest BCUT2D eigenvalue weighted by atomic mass is 10.5. The fraction of sp³-hybridized carbons (Fsp3) is 0.714. The standard InChI is InChI=1S/C7H12O6S/c1-3-13-6(8)4-14(11,12)5(2)7(9)10/h5H,3-4H2,1-2H3,(H,9,10). The lowest BCUT2D eigenvalue weighted by Crippen LogP contribution is -2.32. The van der Waals surface area contributed by atoms with Crippen molar-refractivity contribution in [1.82, 2.24) is 0 Å². The maximum absolute atomic E-state index is 11.2. The first-order chi connectivity index (χ1) is 6.31. The van der Waals surface area contributed by atoms with Gasteiger partial charge >= 0.3 is 11.9 Å². The van der Waals surface area contributed by atoms with Crippen LogP contribution in [0.1, 0.15) is 13.8 Å². The molecule has 0 aromatic rings. The average Bonchev–Trinajstić information content (AvgIpc) is 2.02. The molecular weight excluding hydrogens is 212 g/mol. The molecule has 14 heavy (non-hydrogen) atoms. The summed E-state index contributed by atoms with van der Waals surface area (Å²) in [7, 11) is -3.96. The summed E-state index contributed by atoms with van der Waals surface area (Å²) in [5.41, 5.74) is 0. The Morgan fingerprint density at radius 1 is 1.43 bits per heavy atom. The third-order valence-electron chi connectivity index (χ3n) is 1.51. The third kappa shape index (κ3) is 3.73. The van der Waals surface area contributed by atoms with Gasteiger partial charge in [0.25, 0.3) is 0 Å². The number of ether oxygens (including phenoxy) is 1. The Balaban J connectivity index is 4.50. The quantitative estimate of drug-likeness (QED) is 0.628. The van der Waals surface area contributed by atoms with Crippen molar-refractivity contribution in [1.29, 1.82) is 0 Å². The molecule has 0 rings (SSSR count). The van der Waals surface area contributed by atoms with Crippen molar-refractivity contribution < 1.29 is 27.9 Å². The molecule has 82 valence electrons. The Morgan fingerprint density at radius 3 is 2.29 bits per heavy atom. The van der Waals surface area contributed by atoms with Crippen molar-refractivity contribution >= 4 is 21.8 Å². The maximum atomic E-state index is 11.2. The number of carbonyl (C=O) groups excluding carboxylic acids is 1. The molecule has 0 aliphatic rings. The minimum atomic E-state index is -3.96. The van der Waals surface area contributed by atoms with E-state index in [0.717, 1.165) is 6.92 Å². The highest BCUT2D eigenvalue weighted by Gasteiger charge is 2.30. The van der Waals surface area contributed by atoms with E-state index in [1.165, 1.54) is 6.92 Å².